The number of carbonyl (C=O) groups is 5. The first-order valence-electron chi connectivity index (χ1n) is 18.3. The molecular formula is C41H59N3O8. The zero-order chi connectivity index (χ0) is 38.7. The van der Waals surface area contributed by atoms with Crippen LogP contribution in [0.15, 0.2) is 60.7 Å². The van der Waals surface area contributed by atoms with Gasteiger partial charge in [0.2, 0.25) is 11.8 Å². The average molecular weight is 722 g/mol. The highest BCUT2D eigenvalue weighted by Gasteiger charge is 2.43. The van der Waals surface area contributed by atoms with Gasteiger partial charge in [0, 0.05) is 52.5 Å². The quantitative estimate of drug-likeness (QED) is 0.190. The van der Waals surface area contributed by atoms with E-state index in [4.69, 9.17) is 15.2 Å². The van der Waals surface area contributed by atoms with Crippen LogP contribution in [-0.2, 0) is 39.9 Å². The molecule has 0 unspecified atom stereocenters. The first-order chi connectivity index (χ1) is 24.5. The topological polar surface area (TPSA) is 157 Å². The molecule has 52 heavy (non-hydrogen) atoms. The van der Waals surface area contributed by atoms with Crippen molar-refractivity contribution in [2.75, 3.05) is 27.8 Å². The van der Waals surface area contributed by atoms with Gasteiger partial charge in [0.25, 0.3) is 0 Å². The highest BCUT2D eigenvalue weighted by Crippen LogP contribution is 2.34. The van der Waals surface area contributed by atoms with Gasteiger partial charge in [-0.3, -0.25) is 24.0 Å². The van der Waals surface area contributed by atoms with E-state index in [1.54, 1.807) is 37.6 Å². The van der Waals surface area contributed by atoms with E-state index in [9.17, 15) is 29.1 Å². The summed E-state index contributed by atoms with van der Waals surface area (Å²) in [6, 6.07) is 17.5. The van der Waals surface area contributed by atoms with Gasteiger partial charge in [0.15, 0.2) is 5.78 Å². The molecular weight excluding hydrogens is 662 g/mol. The van der Waals surface area contributed by atoms with Gasteiger partial charge in [-0.05, 0) is 50.2 Å². The van der Waals surface area contributed by atoms with Gasteiger partial charge in [0.1, 0.15) is 5.78 Å². The number of benzene rings is 2. The van der Waals surface area contributed by atoms with Crippen molar-refractivity contribution in [3.8, 4) is 0 Å². The van der Waals surface area contributed by atoms with E-state index in [-0.39, 0.29) is 55.0 Å². The molecule has 7 atom stereocenters. The van der Waals surface area contributed by atoms with Crippen LogP contribution in [0.5, 0.6) is 0 Å². The van der Waals surface area contributed by atoms with Gasteiger partial charge in [-0.1, -0.05) is 81.4 Å². The van der Waals surface area contributed by atoms with E-state index < -0.39 is 53.6 Å². The third kappa shape index (κ3) is 11.0. The van der Waals surface area contributed by atoms with Crippen molar-refractivity contribution in [3.63, 3.8) is 0 Å². The number of likely N-dealkylation sites (N-methyl/N-ethyl adjacent to an activating group) is 1. The molecule has 2 aromatic rings. The lowest BCUT2D eigenvalue weighted by atomic mass is 9.84. The van der Waals surface area contributed by atoms with E-state index in [0.717, 1.165) is 11.1 Å². The molecule has 286 valence electrons. The predicted molar refractivity (Wildman–Crippen MR) is 199 cm³/mol. The molecule has 1 aliphatic heterocycles. The normalized spacial score (nSPS) is 18.3. The smallest absolute Gasteiger partial charge is 0.307 e. The number of hydrogen-bond donors (Lipinski definition) is 2. The summed E-state index contributed by atoms with van der Waals surface area (Å²) in [5, 5.41) is 9.93. The van der Waals surface area contributed by atoms with E-state index in [1.807, 2.05) is 74.5 Å². The molecule has 0 saturated carbocycles. The third-order valence-corrected chi connectivity index (χ3v) is 10.6. The maximum atomic E-state index is 14.2. The minimum absolute atomic E-state index is 0.00728. The van der Waals surface area contributed by atoms with Crippen molar-refractivity contribution < 1.29 is 38.6 Å². The Hall–Kier alpha value is -3.93. The Bertz CT molecular complexity index is 1490. The molecule has 0 bridgehead atoms. The zero-order valence-corrected chi connectivity index (χ0v) is 32.1. The van der Waals surface area contributed by atoms with Crippen LogP contribution in [0.4, 0.5) is 0 Å². The molecule has 1 heterocycles. The number of nitrogens with two attached hydrogens (primary N) is 1. The molecule has 3 rings (SSSR count). The Morgan fingerprint density at radius 2 is 1.52 bits per heavy atom. The predicted octanol–water partition coefficient (Wildman–Crippen LogP) is 5.10. The number of ketones is 2. The average Bonchev–Trinajstić information content (AvgIpc) is 3.59. The molecule has 2 aromatic carbocycles. The first kappa shape index (κ1) is 42.5. The van der Waals surface area contributed by atoms with Gasteiger partial charge in [-0.15, -0.1) is 0 Å². The van der Waals surface area contributed by atoms with Crippen molar-refractivity contribution >= 4 is 29.4 Å². The zero-order valence-electron chi connectivity index (χ0n) is 32.1. The van der Waals surface area contributed by atoms with Crippen molar-refractivity contribution in [2.24, 2.45) is 29.4 Å². The van der Waals surface area contributed by atoms with Gasteiger partial charge >= 0.3 is 5.97 Å². The lowest BCUT2D eigenvalue weighted by Gasteiger charge is -2.38. The Morgan fingerprint density at radius 3 is 2.04 bits per heavy atom. The maximum Gasteiger partial charge on any atom is 0.307 e. The molecule has 1 saturated heterocycles. The Balaban J connectivity index is 1.83. The van der Waals surface area contributed by atoms with Crippen LogP contribution in [0, 0.1) is 23.7 Å². The van der Waals surface area contributed by atoms with Crippen molar-refractivity contribution in [3.05, 3.63) is 71.8 Å². The number of nitrogens with zero attached hydrogens (tertiary/aromatic N) is 2. The fourth-order valence-corrected chi connectivity index (χ4v) is 7.32. The Labute approximate surface area is 309 Å². The number of rotatable bonds is 20. The number of amides is 2. The van der Waals surface area contributed by atoms with Gasteiger partial charge in [-0.25, -0.2) is 0 Å². The second kappa shape index (κ2) is 19.2. The van der Waals surface area contributed by atoms with E-state index >= 15 is 0 Å². The summed E-state index contributed by atoms with van der Waals surface area (Å²) in [4.78, 5) is 70.4. The van der Waals surface area contributed by atoms with E-state index in [0.29, 0.717) is 19.4 Å². The van der Waals surface area contributed by atoms with Gasteiger partial charge < -0.3 is 30.1 Å². The SMILES string of the molecule is CO[C@H]([C@@H](C)C(=O)C[C@@H](Cc1ccccc1)C(=O)O)[C@@H]1CCCN1C(=O)C[C@@H](OC)[C@H](c1ccccc1)N(C)C(=O)[C@@H](CC(=O)C(C)(C)N)C(C)C. The standard InChI is InChI=1S/C41H59N3O8/c1-26(2)31(24-35(46)41(4,5)42)39(48)43(6)37(29-18-13-10-14-19-29)34(51-7)25-36(47)44-21-15-20-32(44)38(52-8)27(3)33(45)23-30(40(49)50)22-28-16-11-9-12-17-28/h9-14,16-19,26-27,30-32,34,37-38H,15,20-25,42H2,1-8H3,(H,49,50)/t27-,30+,31-,32-,34+,37-,38+/m0/s1. The highest BCUT2D eigenvalue weighted by atomic mass is 16.5. The van der Waals surface area contributed by atoms with Crippen LogP contribution < -0.4 is 5.73 Å². The van der Waals surface area contributed by atoms with Gasteiger partial charge in [0.05, 0.1) is 42.2 Å². The molecule has 11 heteroatoms. The number of carboxylic acids is 1. The summed E-state index contributed by atoms with van der Waals surface area (Å²) in [6.45, 7) is 9.27. The minimum atomic E-state index is -1.08. The molecule has 0 aliphatic carbocycles. The Kier molecular flexibility index (Phi) is 15.7. The second-order valence-electron chi connectivity index (χ2n) is 15.2. The van der Waals surface area contributed by atoms with Crippen molar-refractivity contribution in [2.45, 2.75) is 103 Å². The number of carboxylic acid groups (broad SMARTS) is 1. The molecule has 11 nitrogen and oxygen atoms in total. The number of carbonyl (C=O) groups excluding carboxylic acids is 4. The molecule has 2 amide bonds. The third-order valence-electron chi connectivity index (χ3n) is 10.6. The number of likely N-dealkylation sites (tertiary alicyclic amines) is 1. The van der Waals surface area contributed by atoms with Crippen LogP contribution in [-0.4, -0.2) is 95.9 Å². The number of hydrogen-bond acceptors (Lipinski definition) is 8. The van der Waals surface area contributed by atoms with E-state index in [1.165, 1.54) is 14.2 Å². The van der Waals surface area contributed by atoms with Crippen LogP contribution in [0.3, 0.4) is 0 Å². The summed E-state index contributed by atoms with van der Waals surface area (Å²) >= 11 is 0. The molecule has 0 radical (unpaired) electrons. The number of ether oxygens (including phenoxy) is 2. The van der Waals surface area contributed by atoms with Gasteiger partial charge in [-0.2, -0.15) is 0 Å². The number of aliphatic carboxylic acids is 1. The molecule has 0 spiro atoms. The Morgan fingerprint density at radius 1 is 0.923 bits per heavy atom. The molecule has 1 fully saturated rings. The maximum absolute atomic E-state index is 14.2. The summed E-state index contributed by atoms with van der Waals surface area (Å²) in [5.41, 5.74) is 6.63. The van der Waals surface area contributed by atoms with Crippen LogP contribution >= 0.6 is 0 Å². The molecule has 0 aromatic heterocycles. The monoisotopic (exact) mass is 721 g/mol. The fourth-order valence-electron chi connectivity index (χ4n) is 7.32. The summed E-state index contributed by atoms with van der Waals surface area (Å²) in [6.07, 6.45) is -0.0312. The minimum Gasteiger partial charge on any atom is -0.481 e. The summed E-state index contributed by atoms with van der Waals surface area (Å²) in [5.74, 6) is -4.24. The van der Waals surface area contributed by atoms with Crippen molar-refractivity contribution in [1.29, 1.82) is 0 Å². The van der Waals surface area contributed by atoms with Crippen LogP contribution in [0.25, 0.3) is 0 Å². The number of Topliss-reactive ketones (excluding diaryl/α,β-unsaturated/α-hetero) is 2. The largest absolute Gasteiger partial charge is 0.481 e. The number of methoxy groups -OCH3 is 2. The summed E-state index contributed by atoms with van der Waals surface area (Å²) in [7, 11) is 4.71. The first-order valence-corrected chi connectivity index (χ1v) is 18.3. The lowest BCUT2D eigenvalue weighted by Crippen LogP contribution is -2.50. The van der Waals surface area contributed by atoms with Crippen molar-refractivity contribution in [1.82, 2.24) is 9.80 Å². The fraction of sp³-hybridized carbons (Fsp3) is 0.585. The lowest BCUT2D eigenvalue weighted by molar-refractivity contribution is -0.148. The summed E-state index contributed by atoms with van der Waals surface area (Å²) < 4.78 is 11.9. The molecule has 3 N–H and O–H groups in total. The van der Waals surface area contributed by atoms with E-state index in [2.05, 4.69) is 0 Å². The van der Waals surface area contributed by atoms with Crippen LogP contribution in [0.2, 0.25) is 0 Å². The van der Waals surface area contributed by atoms with Crippen LogP contribution in [0.1, 0.15) is 83.9 Å². The highest BCUT2D eigenvalue weighted by molar-refractivity contribution is 5.92. The second-order valence-corrected chi connectivity index (χ2v) is 15.2. The molecule has 1 aliphatic rings.